The number of rotatable bonds is 3. The number of carbonyl (C=O) groups is 1. The van der Waals surface area contributed by atoms with Gasteiger partial charge in [-0.1, -0.05) is 24.6 Å². The van der Waals surface area contributed by atoms with Gasteiger partial charge in [-0.3, -0.25) is 4.79 Å². The SMILES string of the molecule is C[C@@H](Sc1nc2cc(F)c(F)cc2[nH]1)C(=O)N1CCCCCC1. The zero-order valence-corrected chi connectivity index (χ0v) is 13.8. The van der Waals surface area contributed by atoms with Gasteiger partial charge in [-0.05, 0) is 19.8 Å². The molecule has 1 fully saturated rings. The second kappa shape index (κ2) is 6.86. The van der Waals surface area contributed by atoms with E-state index in [1.807, 2.05) is 11.8 Å². The average molecular weight is 339 g/mol. The predicted molar refractivity (Wildman–Crippen MR) is 86.4 cm³/mol. The second-order valence-corrected chi connectivity index (χ2v) is 7.15. The zero-order valence-electron chi connectivity index (χ0n) is 12.9. The first-order valence-corrected chi connectivity index (χ1v) is 8.73. The summed E-state index contributed by atoms with van der Waals surface area (Å²) in [5.41, 5.74) is 0.793. The van der Waals surface area contributed by atoms with Crippen LogP contribution in [0.4, 0.5) is 8.78 Å². The molecule has 1 aliphatic heterocycles. The lowest BCUT2D eigenvalue weighted by molar-refractivity contribution is -0.130. The number of amides is 1. The molecule has 4 nitrogen and oxygen atoms in total. The van der Waals surface area contributed by atoms with Crippen LogP contribution < -0.4 is 0 Å². The molecule has 1 aromatic heterocycles. The number of likely N-dealkylation sites (tertiary alicyclic amines) is 1. The van der Waals surface area contributed by atoms with Gasteiger partial charge >= 0.3 is 0 Å². The van der Waals surface area contributed by atoms with Crippen molar-refractivity contribution in [2.45, 2.75) is 43.0 Å². The Morgan fingerprint density at radius 3 is 2.57 bits per heavy atom. The van der Waals surface area contributed by atoms with Crippen molar-refractivity contribution in [2.24, 2.45) is 0 Å². The summed E-state index contributed by atoms with van der Waals surface area (Å²) in [5.74, 6) is -1.74. The van der Waals surface area contributed by atoms with Crippen molar-refractivity contribution >= 4 is 28.7 Å². The minimum absolute atomic E-state index is 0.0923. The molecule has 1 aliphatic rings. The van der Waals surface area contributed by atoms with Gasteiger partial charge in [0.15, 0.2) is 16.8 Å². The summed E-state index contributed by atoms with van der Waals surface area (Å²) in [6, 6.07) is 2.15. The van der Waals surface area contributed by atoms with Crippen LogP contribution in [0.25, 0.3) is 11.0 Å². The van der Waals surface area contributed by atoms with E-state index in [-0.39, 0.29) is 11.2 Å². The fourth-order valence-corrected chi connectivity index (χ4v) is 3.71. The van der Waals surface area contributed by atoms with Gasteiger partial charge in [-0.25, -0.2) is 13.8 Å². The number of nitrogens with one attached hydrogen (secondary N) is 1. The Kier molecular flexibility index (Phi) is 4.84. The highest BCUT2D eigenvalue weighted by Gasteiger charge is 2.23. The maximum Gasteiger partial charge on any atom is 0.235 e. The molecule has 1 aromatic carbocycles. The number of imidazole rings is 1. The van der Waals surface area contributed by atoms with Gasteiger partial charge < -0.3 is 9.88 Å². The molecular formula is C16H19F2N3OS. The summed E-state index contributed by atoms with van der Waals surface area (Å²) < 4.78 is 26.5. The number of thioether (sulfide) groups is 1. The molecule has 1 atom stereocenters. The van der Waals surface area contributed by atoms with Crippen LogP contribution in [0.2, 0.25) is 0 Å². The Labute approximate surface area is 137 Å². The highest BCUT2D eigenvalue weighted by Crippen LogP contribution is 2.26. The van der Waals surface area contributed by atoms with Crippen LogP contribution in [-0.2, 0) is 4.79 Å². The van der Waals surface area contributed by atoms with E-state index in [0.717, 1.165) is 38.1 Å². The van der Waals surface area contributed by atoms with E-state index >= 15 is 0 Å². The average Bonchev–Trinajstić information content (AvgIpc) is 2.74. The van der Waals surface area contributed by atoms with Gasteiger partial charge in [-0.2, -0.15) is 0 Å². The van der Waals surface area contributed by atoms with E-state index in [2.05, 4.69) is 9.97 Å². The first-order chi connectivity index (χ1) is 11.0. The Balaban J connectivity index is 1.71. The molecule has 2 heterocycles. The van der Waals surface area contributed by atoms with Crippen LogP contribution in [0.1, 0.15) is 32.6 Å². The normalized spacial score (nSPS) is 17.3. The molecule has 124 valence electrons. The Bertz CT molecular complexity index is 672. The molecule has 0 aliphatic carbocycles. The number of hydrogen-bond acceptors (Lipinski definition) is 3. The van der Waals surface area contributed by atoms with E-state index in [4.69, 9.17) is 0 Å². The zero-order chi connectivity index (χ0) is 16.4. The van der Waals surface area contributed by atoms with Crippen molar-refractivity contribution in [3.05, 3.63) is 23.8 Å². The van der Waals surface area contributed by atoms with Gasteiger partial charge in [0.05, 0.1) is 16.3 Å². The number of hydrogen-bond donors (Lipinski definition) is 1. The molecular weight excluding hydrogens is 320 g/mol. The summed E-state index contributed by atoms with van der Waals surface area (Å²) in [5, 5.41) is 0.212. The molecule has 3 rings (SSSR count). The topological polar surface area (TPSA) is 49.0 Å². The van der Waals surface area contributed by atoms with Gasteiger partial charge in [0.1, 0.15) is 0 Å². The van der Waals surface area contributed by atoms with E-state index in [0.29, 0.717) is 16.2 Å². The quantitative estimate of drug-likeness (QED) is 0.867. The smallest absolute Gasteiger partial charge is 0.235 e. The number of nitrogens with zero attached hydrogens (tertiary/aromatic N) is 2. The van der Waals surface area contributed by atoms with Crippen LogP contribution >= 0.6 is 11.8 Å². The number of fused-ring (bicyclic) bond motifs is 1. The molecule has 7 heteroatoms. The Morgan fingerprint density at radius 1 is 1.22 bits per heavy atom. The van der Waals surface area contributed by atoms with Crippen molar-refractivity contribution in [3.8, 4) is 0 Å². The van der Waals surface area contributed by atoms with E-state index < -0.39 is 11.6 Å². The van der Waals surface area contributed by atoms with E-state index in [9.17, 15) is 13.6 Å². The fourth-order valence-electron chi connectivity index (χ4n) is 2.80. The summed E-state index contributed by atoms with van der Waals surface area (Å²) in [6.45, 7) is 3.45. The largest absolute Gasteiger partial charge is 0.342 e. The van der Waals surface area contributed by atoms with Crippen LogP contribution in [0, 0.1) is 11.6 Å². The lowest BCUT2D eigenvalue weighted by Crippen LogP contribution is -2.37. The van der Waals surface area contributed by atoms with Crippen molar-refractivity contribution < 1.29 is 13.6 Å². The maximum absolute atomic E-state index is 13.2. The van der Waals surface area contributed by atoms with Gasteiger partial charge in [0.2, 0.25) is 5.91 Å². The Morgan fingerprint density at radius 2 is 1.87 bits per heavy atom. The first-order valence-electron chi connectivity index (χ1n) is 7.85. The molecule has 23 heavy (non-hydrogen) atoms. The number of benzene rings is 1. The molecule has 0 unspecified atom stereocenters. The summed E-state index contributed by atoms with van der Waals surface area (Å²) in [6.07, 6.45) is 4.44. The van der Waals surface area contributed by atoms with Gasteiger partial charge in [-0.15, -0.1) is 0 Å². The number of carbonyl (C=O) groups excluding carboxylic acids is 1. The van der Waals surface area contributed by atoms with E-state index in [1.54, 1.807) is 0 Å². The van der Waals surface area contributed by atoms with Gasteiger partial charge in [0.25, 0.3) is 0 Å². The number of halogens is 2. The minimum Gasteiger partial charge on any atom is -0.342 e. The van der Waals surface area contributed by atoms with Crippen molar-refractivity contribution in [2.75, 3.05) is 13.1 Å². The highest BCUT2D eigenvalue weighted by atomic mass is 32.2. The standard InChI is InChI=1S/C16H19F2N3OS/c1-10(15(22)21-6-4-2-3-5-7-21)23-16-19-13-8-11(17)12(18)9-14(13)20-16/h8-10H,2-7H2,1H3,(H,19,20)/t10-/m1/s1. The third kappa shape index (κ3) is 3.65. The number of aromatic nitrogens is 2. The molecule has 0 bridgehead atoms. The molecule has 2 aromatic rings. The molecule has 0 spiro atoms. The monoisotopic (exact) mass is 339 g/mol. The van der Waals surface area contributed by atoms with Crippen LogP contribution in [0.3, 0.4) is 0 Å². The molecule has 1 N–H and O–H groups in total. The lowest BCUT2D eigenvalue weighted by atomic mass is 10.2. The fraction of sp³-hybridized carbons (Fsp3) is 0.500. The van der Waals surface area contributed by atoms with Crippen molar-refractivity contribution in [3.63, 3.8) is 0 Å². The van der Waals surface area contributed by atoms with Crippen LogP contribution in [0.5, 0.6) is 0 Å². The molecule has 1 saturated heterocycles. The number of aromatic amines is 1. The summed E-state index contributed by atoms with van der Waals surface area (Å²) >= 11 is 1.29. The van der Waals surface area contributed by atoms with E-state index in [1.165, 1.54) is 24.6 Å². The predicted octanol–water partition coefficient (Wildman–Crippen LogP) is 3.72. The highest BCUT2D eigenvalue weighted by molar-refractivity contribution is 8.00. The Hall–Kier alpha value is -1.63. The van der Waals surface area contributed by atoms with Crippen LogP contribution in [0.15, 0.2) is 17.3 Å². The summed E-state index contributed by atoms with van der Waals surface area (Å²) in [7, 11) is 0. The van der Waals surface area contributed by atoms with Crippen LogP contribution in [-0.4, -0.2) is 39.1 Å². The van der Waals surface area contributed by atoms with Crippen molar-refractivity contribution in [1.82, 2.24) is 14.9 Å². The third-order valence-electron chi connectivity index (χ3n) is 4.06. The second-order valence-electron chi connectivity index (χ2n) is 5.83. The minimum atomic E-state index is -0.922. The first kappa shape index (κ1) is 16.2. The lowest BCUT2D eigenvalue weighted by Gasteiger charge is -2.23. The maximum atomic E-state index is 13.2. The van der Waals surface area contributed by atoms with Crippen molar-refractivity contribution in [1.29, 1.82) is 0 Å². The molecule has 0 radical (unpaired) electrons. The molecule has 1 amide bonds. The number of H-pyrrole nitrogens is 1. The molecule has 0 saturated carbocycles. The third-order valence-corrected chi connectivity index (χ3v) is 5.03. The summed E-state index contributed by atoms with van der Waals surface area (Å²) in [4.78, 5) is 21.6. The van der Waals surface area contributed by atoms with Gasteiger partial charge in [0, 0.05) is 25.2 Å².